The molecule has 0 aliphatic carbocycles. The fourth-order valence-corrected chi connectivity index (χ4v) is 2.63. The number of fused-ring (bicyclic) bond motifs is 5. The SMILES string of the molecule is O=C1NC(=O)C2C3CCC(O3)C12. The Morgan fingerprint density at radius 1 is 1.08 bits per heavy atom. The van der Waals surface area contributed by atoms with E-state index >= 15 is 0 Å². The van der Waals surface area contributed by atoms with Crippen LogP contribution in [-0.4, -0.2) is 24.0 Å². The Labute approximate surface area is 69.3 Å². The molecule has 4 unspecified atom stereocenters. The third-order valence-corrected chi connectivity index (χ3v) is 3.13. The first-order chi connectivity index (χ1) is 5.77. The lowest BCUT2D eigenvalue weighted by atomic mass is 9.81. The van der Waals surface area contributed by atoms with Gasteiger partial charge in [0.25, 0.3) is 0 Å². The number of amides is 2. The molecule has 2 bridgehead atoms. The highest BCUT2D eigenvalue weighted by Crippen LogP contribution is 2.45. The van der Waals surface area contributed by atoms with Crippen LogP contribution in [0.15, 0.2) is 0 Å². The van der Waals surface area contributed by atoms with Gasteiger partial charge < -0.3 is 4.74 Å². The standard InChI is InChI=1S/C8H9NO3/c10-7-5-3-1-2-4(12-3)6(5)8(11)9-7/h3-6H,1-2H2,(H,9,10,11). The van der Waals surface area contributed by atoms with E-state index < -0.39 is 0 Å². The predicted octanol–water partition coefficient (Wildman–Crippen LogP) is -0.564. The summed E-state index contributed by atoms with van der Waals surface area (Å²) < 4.78 is 5.50. The Morgan fingerprint density at radius 2 is 1.58 bits per heavy atom. The van der Waals surface area contributed by atoms with Crippen molar-refractivity contribution in [3.63, 3.8) is 0 Å². The Balaban J connectivity index is 2.03. The first-order valence-electron chi connectivity index (χ1n) is 4.27. The van der Waals surface area contributed by atoms with Gasteiger partial charge in [0, 0.05) is 0 Å². The molecule has 0 aromatic heterocycles. The van der Waals surface area contributed by atoms with Gasteiger partial charge in [-0.2, -0.15) is 0 Å². The highest BCUT2D eigenvalue weighted by molar-refractivity contribution is 6.06. The van der Waals surface area contributed by atoms with Gasteiger partial charge in [0.05, 0.1) is 24.0 Å². The van der Waals surface area contributed by atoms with Crippen molar-refractivity contribution in [1.29, 1.82) is 0 Å². The van der Waals surface area contributed by atoms with Gasteiger partial charge in [0.15, 0.2) is 0 Å². The van der Waals surface area contributed by atoms with Crippen molar-refractivity contribution < 1.29 is 14.3 Å². The summed E-state index contributed by atoms with van der Waals surface area (Å²) >= 11 is 0. The van der Waals surface area contributed by atoms with E-state index in [1.165, 1.54) is 0 Å². The van der Waals surface area contributed by atoms with Gasteiger partial charge in [-0.25, -0.2) is 0 Å². The van der Waals surface area contributed by atoms with Crippen LogP contribution in [0, 0.1) is 11.8 Å². The molecule has 4 nitrogen and oxygen atoms in total. The number of carbonyl (C=O) groups is 2. The smallest absolute Gasteiger partial charge is 0.233 e. The van der Waals surface area contributed by atoms with E-state index in [-0.39, 0.29) is 35.9 Å². The van der Waals surface area contributed by atoms with Crippen molar-refractivity contribution in [3.05, 3.63) is 0 Å². The van der Waals surface area contributed by atoms with Gasteiger partial charge in [-0.3, -0.25) is 14.9 Å². The lowest BCUT2D eigenvalue weighted by molar-refractivity contribution is -0.128. The molecular weight excluding hydrogens is 158 g/mol. The van der Waals surface area contributed by atoms with Crippen LogP contribution in [-0.2, 0) is 14.3 Å². The second-order valence-electron chi connectivity index (χ2n) is 3.70. The Bertz CT molecular complexity index is 249. The molecule has 3 aliphatic heterocycles. The first-order valence-corrected chi connectivity index (χ1v) is 4.27. The summed E-state index contributed by atoms with van der Waals surface area (Å²) in [7, 11) is 0. The van der Waals surface area contributed by atoms with E-state index in [0.29, 0.717) is 0 Å². The van der Waals surface area contributed by atoms with E-state index in [1.807, 2.05) is 0 Å². The molecule has 3 heterocycles. The number of imide groups is 1. The zero-order valence-electron chi connectivity index (χ0n) is 6.45. The van der Waals surface area contributed by atoms with E-state index in [0.717, 1.165) is 12.8 Å². The number of ether oxygens (including phenoxy) is 1. The summed E-state index contributed by atoms with van der Waals surface area (Å²) in [6.07, 6.45) is 1.91. The summed E-state index contributed by atoms with van der Waals surface area (Å²) in [5.41, 5.74) is 0. The van der Waals surface area contributed by atoms with Crippen molar-refractivity contribution in [2.45, 2.75) is 25.0 Å². The third-order valence-electron chi connectivity index (χ3n) is 3.13. The van der Waals surface area contributed by atoms with E-state index in [2.05, 4.69) is 5.32 Å². The minimum Gasteiger partial charge on any atom is -0.373 e. The van der Waals surface area contributed by atoms with E-state index in [4.69, 9.17) is 4.74 Å². The van der Waals surface area contributed by atoms with Crippen LogP contribution in [0.5, 0.6) is 0 Å². The molecule has 3 saturated heterocycles. The first kappa shape index (κ1) is 6.60. The van der Waals surface area contributed by atoms with E-state index in [1.54, 1.807) is 0 Å². The molecule has 0 saturated carbocycles. The molecular formula is C8H9NO3. The van der Waals surface area contributed by atoms with Crippen molar-refractivity contribution in [2.24, 2.45) is 11.8 Å². The third kappa shape index (κ3) is 0.579. The maximum atomic E-state index is 11.2. The zero-order chi connectivity index (χ0) is 8.29. The van der Waals surface area contributed by atoms with Gasteiger partial charge in [-0.1, -0.05) is 0 Å². The van der Waals surface area contributed by atoms with Crippen LogP contribution < -0.4 is 5.32 Å². The molecule has 64 valence electrons. The summed E-state index contributed by atoms with van der Waals surface area (Å²) in [6.45, 7) is 0. The quantitative estimate of drug-likeness (QED) is 0.492. The zero-order valence-corrected chi connectivity index (χ0v) is 6.45. The average Bonchev–Trinajstić information content (AvgIpc) is 2.64. The van der Waals surface area contributed by atoms with Crippen molar-refractivity contribution >= 4 is 11.8 Å². The fraction of sp³-hybridized carbons (Fsp3) is 0.750. The van der Waals surface area contributed by atoms with E-state index in [9.17, 15) is 9.59 Å². The van der Waals surface area contributed by atoms with Gasteiger partial charge in [0.1, 0.15) is 0 Å². The van der Waals surface area contributed by atoms with Crippen molar-refractivity contribution in [2.75, 3.05) is 0 Å². The molecule has 0 aromatic rings. The average molecular weight is 167 g/mol. The minimum absolute atomic E-state index is 0.0199. The van der Waals surface area contributed by atoms with Crippen LogP contribution in [0.2, 0.25) is 0 Å². The van der Waals surface area contributed by atoms with Crippen LogP contribution in [0.4, 0.5) is 0 Å². The molecule has 0 spiro atoms. The minimum atomic E-state index is -0.170. The molecule has 2 amide bonds. The molecule has 4 atom stereocenters. The fourth-order valence-electron chi connectivity index (χ4n) is 2.63. The number of nitrogens with one attached hydrogen (secondary N) is 1. The Hall–Kier alpha value is -0.900. The topological polar surface area (TPSA) is 55.4 Å². The normalized spacial score (nSPS) is 49.7. The van der Waals surface area contributed by atoms with Crippen LogP contribution in [0.25, 0.3) is 0 Å². The number of rotatable bonds is 0. The highest BCUT2D eigenvalue weighted by atomic mass is 16.5. The predicted molar refractivity (Wildman–Crippen MR) is 38.0 cm³/mol. The molecule has 3 aliphatic rings. The Morgan fingerprint density at radius 3 is 2.08 bits per heavy atom. The molecule has 4 heteroatoms. The van der Waals surface area contributed by atoms with Crippen molar-refractivity contribution in [3.8, 4) is 0 Å². The highest BCUT2D eigenvalue weighted by Gasteiger charge is 2.59. The Kier molecular flexibility index (Phi) is 1.03. The summed E-state index contributed by atoms with van der Waals surface area (Å²) in [5, 5.41) is 2.36. The van der Waals surface area contributed by atoms with Gasteiger partial charge in [0.2, 0.25) is 11.8 Å². The van der Waals surface area contributed by atoms with Gasteiger partial charge in [-0.15, -0.1) is 0 Å². The molecule has 3 rings (SSSR count). The number of carbonyl (C=O) groups excluding carboxylic acids is 2. The lowest BCUT2D eigenvalue weighted by Gasteiger charge is -2.15. The molecule has 1 N–H and O–H groups in total. The number of hydrogen-bond donors (Lipinski definition) is 1. The van der Waals surface area contributed by atoms with Crippen LogP contribution in [0.3, 0.4) is 0 Å². The maximum Gasteiger partial charge on any atom is 0.233 e. The van der Waals surface area contributed by atoms with Crippen LogP contribution in [0.1, 0.15) is 12.8 Å². The van der Waals surface area contributed by atoms with Gasteiger partial charge in [-0.05, 0) is 12.8 Å². The maximum absolute atomic E-state index is 11.2. The molecule has 0 aromatic carbocycles. The molecule has 12 heavy (non-hydrogen) atoms. The van der Waals surface area contributed by atoms with Gasteiger partial charge >= 0.3 is 0 Å². The monoisotopic (exact) mass is 167 g/mol. The summed E-state index contributed by atoms with van der Waals surface area (Å²) in [5.74, 6) is -0.595. The molecule has 3 fully saturated rings. The summed E-state index contributed by atoms with van der Waals surface area (Å²) in [6, 6.07) is 0. The second-order valence-corrected chi connectivity index (χ2v) is 3.70. The van der Waals surface area contributed by atoms with Crippen molar-refractivity contribution in [1.82, 2.24) is 5.32 Å². The van der Waals surface area contributed by atoms with Crippen LogP contribution >= 0.6 is 0 Å². The molecule has 0 radical (unpaired) electrons. The largest absolute Gasteiger partial charge is 0.373 e. The summed E-state index contributed by atoms with van der Waals surface area (Å²) in [4.78, 5) is 22.5. The lowest BCUT2D eigenvalue weighted by Crippen LogP contribution is -2.29. The second kappa shape index (κ2) is 1.88. The number of hydrogen-bond acceptors (Lipinski definition) is 3.